The molecule has 1 aromatic heterocycles. The van der Waals surface area contributed by atoms with Gasteiger partial charge in [-0.1, -0.05) is 35.9 Å². The number of nitrogens with one attached hydrogen (secondary N) is 1. The van der Waals surface area contributed by atoms with Gasteiger partial charge in [0.05, 0.1) is 29.7 Å². The van der Waals surface area contributed by atoms with Crippen LogP contribution in [0.1, 0.15) is 51.9 Å². The van der Waals surface area contributed by atoms with Crippen molar-refractivity contribution in [3.63, 3.8) is 0 Å². The fourth-order valence-electron chi connectivity index (χ4n) is 5.35. The largest absolute Gasteiger partial charge is 0.417 e. The average molecular weight is 591 g/mol. The third-order valence-electron chi connectivity index (χ3n) is 7.45. The molecular formula is C31H26ClF3N6O. The number of carbonyl (C=O) groups excluding carboxylic acids is 1. The standard InChI is InChI=1S/C31H26ClF3N6O/c32-20-10-13-22-24(15-20)28(23-5-1-2-6-25(23)31(33,34)35)37-16-19-17-38-30(40-27(19)22)39-21-11-8-18(9-12-21)29(42)41-14-4-3-7-26(41)36/h1-2,5-6,8-13,15,17,26H,3-4,7,14,16,36H2,(H,38,39,40). The third kappa shape index (κ3) is 5.47. The molecule has 3 N–H and O–H groups in total. The van der Waals surface area contributed by atoms with Crippen LogP contribution in [0.2, 0.25) is 5.02 Å². The number of rotatable bonds is 4. The van der Waals surface area contributed by atoms with E-state index >= 15 is 0 Å². The molecule has 214 valence electrons. The number of nitrogens with zero attached hydrogens (tertiary/aromatic N) is 4. The van der Waals surface area contributed by atoms with E-state index in [4.69, 9.17) is 22.3 Å². The van der Waals surface area contributed by atoms with Gasteiger partial charge in [0, 0.05) is 51.3 Å². The van der Waals surface area contributed by atoms with Crippen molar-refractivity contribution in [1.82, 2.24) is 14.9 Å². The first kappa shape index (κ1) is 27.9. The highest BCUT2D eigenvalue weighted by Gasteiger charge is 2.35. The minimum atomic E-state index is -4.56. The van der Waals surface area contributed by atoms with E-state index in [-0.39, 0.29) is 35.8 Å². The Morgan fingerprint density at radius 3 is 2.55 bits per heavy atom. The van der Waals surface area contributed by atoms with E-state index in [1.807, 2.05) is 0 Å². The van der Waals surface area contributed by atoms with Gasteiger partial charge in [0.1, 0.15) is 0 Å². The molecule has 42 heavy (non-hydrogen) atoms. The van der Waals surface area contributed by atoms with Gasteiger partial charge in [-0.05, 0) is 61.7 Å². The molecule has 3 aromatic carbocycles. The lowest BCUT2D eigenvalue weighted by Gasteiger charge is -2.33. The van der Waals surface area contributed by atoms with Crippen LogP contribution < -0.4 is 11.1 Å². The fourth-order valence-corrected chi connectivity index (χ4v) is 5.52. The van der Waals surface area contributed by atoms with Crippen molar-refractivity contribution in [2.24, 2.45) is 10.7 Å². The van der Waals surface area contributed by atoms with Crippen LogP contribution >= 0.6 is 11.6 Å². The lowest BCUT2D eigenvalue weighted by Crippen LogP contribution is -2.48. The van der Waals surface area contributed by atoms with Gasteiger partial charge in [-0.2, -0.15) is 13.2 Å². The molecule has 3 heterocycles. The number of hydrogen-bond donors (Lipinski definition) is 2. The number of alkyl halides is 3. The van der Waals surface area contributed by atoms with E-state index in [1.165, 1.54) is 12.1 Å². The van der Waals surface area contributed by atoms with Crippen LogP contribution in [0.3, 0.4) is 0 Å². The molecule has 1 atom stereocenters. The SMILES string of the molecule is NC1CCCCN1C(=O)c1ccc(Nc2ncc3c(n2)-c2ccc(Cl)cc2C(c2ccccc2C(F)(F)F)=NC3)cc1. The number of fused-ring (bicyclic) bond motifs is 3. The zero-order valence-electron chi connectivity index (χ0n) is 22.3. The summed E-state index contributed by atoms with van der Waals surface area (Å²) in [6, 6.07) is 17.4. The van der Waals surface area contributed by atoms with Crippen LogP contribution in [-0.4, -0.2) is 39.2 Å². The van der Waals surface area contributed by atoms with Crippen LogP contribution in [0, 0.1) is 0 Å². The predicted octanol–water partition coefficient (Wildman–Crippen LogP) is 6.82. The van der Waals surface area contributed by atoms with Crippen molar-refractivity contribution >= 4 is 34.9 Å². The summed E-state index contributed by atoms with van der Waals surface area (Å²) in [5.41, 5.74) is 8.93. The number of aromatic nitrogens is 2. The summed E-state index contributed by atoms with van der Waals surface area (Å²) in [6.07, 6.45) is -0.487. The Kier molecular flexibility index (Phi) is 7.42. The first-order chi connectivity index (χ1) is 20.2. The summed E-state index contributed by atoms with van der Waals surface area (Å²) in [5.74, 6) is 0.180. The molecule has 1 unspecified atom stereocenters. The summed E-state index contributed by atoms with van der Waals surface area (Å²) >= 11 is 6.31. The number of halogens is 4. The van der Waals surface area contributed by atoms with Crippen molar-refractivity contribution in [2.75, 3.05) is 11.9 Å². The highest BCUT2D eigenvalue weighted by molar-refractivity contribution is 6.31. The van der Waals surface area contributed by atoms with Crippen molar-refractivity contribution < 1.29 is 18.0 Å². The summed E-state index contributed by atoms with van der Waals surface area (Å²) < 4.78 is 41.8. The van der Waals surface area contributed by atoms with Crippen LogP contribution in [0.15, 0.2) is 77.9 Å². The maximum atomic E-state index is 13.9. The molecule has 0 saturated carbocycles. The zero-order chi connectivity index (χ0) is 29.4. The molecule has 1 amide bonds. The minimum absolute atomic E-state index is 0.0345. The number of amides is 1. The molecule has 7 nitrogen and oxygen atoms in total. The number of aliphatic imine (C=N–C) groups is 1. The van der Waals surface area contributed by atoms with Gasteiger partial charge in [0.25, 0.3) is 5.91 Å². The van der Waals surface area contributed by atoms with Gasteiger partial charge in [-0.3, -0.25) is 9.79 Å². The molecule has 1 saturated heterocycles. The molecule has 4 aromatic rings. The maximum absolute atomic E-state index is 13.9. The van der Waals surface area contributed by atoms with Gasteiger partial charge in [0.15, 0.2) is 0 Å². The van der Waals surface area contributed by atoms with Gasteiger partial charge in [0.2, 0.25) is 5.95 Å². The summed E-state index contributed by atoms with van der Waals surface area (Å²) in [4.78, 5) is 28.4. The molecular weight excluding hydrogens is 565 g/mol. The topological polar surface area (TPSA) is 96.5 Å². The molecule has 6 rings (SSSR count). The molecule has 0 radical (unpaired) electrons. The second-order valence-electron chi connectivity index (χ2n) is 10.2. The first-order valence-electron chi connectivity index (χ1n) is 13.5. The van der Waals surface area contributed by atoms with Gasteiger partial charge in [-0.15, -0.1) is 0 Å². The summed E-state index contributed by atoms with van der Waals surface area (Å²) in [6.45, 7) is 0.724. The first-order valence-corrected chi connectivity index (χ1v) is 13.9. The number of hydrogen-bond acceptors (Lipinski definition) is 6. The lowest BCUT2D eigenvalue weighted by atomic mass is 9.92. The number of anilines is 2. The summed E-state index contributed by atoms with van der Waals surface area (Å²) in [7, 11) is 0. The molecule has 0 spiro atoms. The minimum Gasteiger partial charge on any atom is -0.324 e. The molecule has 0 aliphatic carbocycles. The van der Waals surface area contributed by atoms with E-state index in [0.717, 1.165) is 25.3 Å². The maximum Gasteiger partial charge on any atom is 0.417 e. The molecule has 1 fully saturated rings. The van der Waals surface area contributed by atoms with Gasteiger partial charge >= 0.3 is 6.18 Å². The van der Waals surface area contributed by atoms with Crippen molar-refractivity contribution in [1.29, 1.82) is 0 Å². The zero-order valence-corrected chi connectivity index (χ0v) is 23.1. The van der Waals surface area contributed by atoms with Crippen LogP contribution in [-0.2, 0) is 12.7 Å². The second-order valence-corrected chi connectivity index (χ2v) is 10.7. The number of piperidine rings is 1. The molecule has 11 heteroatoms. The van der Waals surface area contributed by atoms with Crippen LogP contribution in [0.5, 0.6) is 0 Å². The van der Waals surface area contributed by atoms with Crippen molar-refractivity contribution in [2.45, 2.75) is 38.1 Å². The highest BCUT2D eigenvalue weighted by Crippen LogP contribution is 2.38. The smallest absolute Gasteiger partial charge is 0.324 e. The number of benzene rings is 3. The number of nitrogens with two attached hydrogens (primary N) is 1. The highest BCUT2D eigenvalue weighted by atomic mass is 35.5. The molecule has 0 bridgehead atoms. The fraction of sp³-hybridized carbons (Fsp3) is 0.226. The second kappa shape index (κ2) is 11.2. The quantitative estimate of drug-likeness (QED) is 0.272. The number of carbonyl (C=O) groups is 1. The Morgan fingerprint density at radius 1 is 1.00 bits per heavy atom. The Morgan fingerprint density at radius 2 is 1.79 bits per heavy atom. The Hall–Kier alpha value is -4.28. The monoisotopic (exact) mass is 590 g/mol. The number of likely N-dealkylation sites (tertiary alicyclic amines) is 1. The van der Waals surface area contributed by atoms with E-state index in [2.05, 4.69) is 15.3 Å². The van der Waals surface area contributed by atoms with E-state index in [0.29, 0.717) is 45.2 Å². The molecule has 2 aliphatic heterocycles. The van der Waals surface area contributed by atoms with E-state index < -0.39 is 11.7 Å². The normalized spacial score (nSPS) is 16.6. The van der Waals surface area contributed by atoms with Crippen molar-refractivity contribution in [3.05, 3.63) is 106 Å². The Bertz CT molecular complexity index is 1690. The van der Waals surface area contributed by atoms with E-state index in [1.54, 1.807) is 59.6 Å². The van der Waals surface area contributed by atoms with Gasteiger partial charge < -0.3 is 16.0 Å². The Balaban J connectivity index is 1.31. The Labute approximate surface area is 245 Å². The molecule has 2 aliphatic rings. The van der Waals surface area contributed by atoms with Crippen molar-refractivity contribution in [3.8, 4) is 11.3 Å². The lowest BCUT2D eigenvalue weighted by molar-refractivity contribution is -0.137. The van der Waals surface area contributed by atoms with Crippen LogP contribution in [0.25, 0.3) is 11.3 Å². The van der Waals surface area contributed by atoms with Crippen LogP contribution in [0.4, 0.5) is 24.8 Å². The van der Waals surface area contributed by atoms with E-state index in [9.17, 15) is 18.0 Å². The average Bonchev–Trinajstić information content (AvgIpc) is 3.13. The summed E-state index contributed by atoms with van der Waals surface area (Å²) in [5, 5.41) is 3.52. The third-order valence-corrected chi connectivity index (χ3v) is 7.68. The van der Waals surface area contributed by atoms with Gasteiger partial charge in [-0.25, -0.2) is 9.97 Å². The predicted molar refractivity (Wildman–Crippen MR) is 156 cm³/mol.